The highest BCUT2D eigenvalue weighted by atomic mass is 32.1. The van der Waals surface area contributed by atoms with Gasteiger partial charge in [-0.05, 0) is 37.8 Å². The van der Waals surface area contributed by atoms with Gasteiger partial charge in [0.15, 0.2) is 0 Å². The zero-order valence-electron chi connectivity index (χ0n) is 16.9. The summed E-state index contributed by atoms with van der Waals surface area (Å²) in [4.78, 5) is 14.2. The number of aliphatic carboxylic acids is 1. The van der Waals surface area contributed by atoms with Crippen LogP contribution in [0.2, 0.25) is 0 Å². The molecule has 1 fully saturated rings. The number of nitrogens with zero attached hydrogens (tertiary/aromatic N) is 4. The molecule has 30 heavy (non-hydrogen) atoms. The van der Waals surface area contributed by atoms with E-state index in [4.69, 9.17) is 14.6 Å². The van der Waals surface area contributed by atoms with Gasteiger partial charge in [-0.25, -0.2) is 4.79 Å². The Bertz CT molecular complexity index is 864. The summed E-state index contributed by atoms with van der Waals surface area (Å²) in [6.45, 7) is 6.77. The summed E-state index contributed by atoms with van der Waals surface area (Å²) in [5.41, 5.74) is 2.38. The molecule has 4 rings (SSSR count). The van der Waals surface area contributed by atoms with Gasteiger partial charge in [-0.1, -0.05) is 5.21 Å². The molecule has 0 saturated heterocycles. The maximum atomic E-state index is 10.6. The van der Waals surface area contributed by atoms with Crippen molar-refractivity contribution < 1.29 is 27.8 Å². The highest BCUT2D eigenvalue weighted by Crippen LogP contribution is 2.31. The van der Waals surface area contributed by atoms with Gasteiger partial charge in [0.25, 0.3) is 0 Å². The first-order chi connectivity index (χ1) is 14.1. The molecular weight excluding hydrogens is 421 g/mol. The fourth-order valence-electron chi connectivity index (χ4n) is 3.40. The topological polar surface area (TPSA) is 80.5 Å². The van der Waals surface area contributed by atoms with Crippen molar-refractivity contribution in [2.45, 2.75) is 44.9 Å². The largest absolute Gasteiger partial charge is 0.490 e. The average Bonchev–Trinajstić information content (AvgIpc) is 3.28. The third-order valence-electron chi connectivity index (χ3n) is 4.97. The zero-order valence-corrected chi connectivity index (χ0v) is 17.7. The second-order valence-corrected chi connectivity index (χ2v) is 9.08. The van der Waals surface area contributed by atoms with E-state index in [2.05, 4.69) is 34.3 Å². The van der Waals surface area contributed by atoms with E-state index in [1.807, 2.05) is 23.1 Å². The Hall–Kier alpha value is -1.98. The predicted molar refractivity (Wildman–Crippen MR) is 104 cm³/mol. The molecule has 0 aromatic carbocycles. The van der Waals surface area contributed by atoms with Crippen molar-refractivity contribution >= 4 is 17.3 Å². The molecule has 3 heterocycles. The van der Waals surface area contributed by atoms with Gasteiger partial charge in [0, 0.05) is 49.0 Å². The minimum atomic E-state index is -5.08. The molecule has 1 unspecified atom stereocenters. The molecule has 2 aliphatic rings. The molecule has 0 radical (unpaired) electrons. The van der Waals surface area contributed by atoms with E-state index in [0.29, 0.717) is 5.92 Å². The minimum absolute atomic E-state index is 0.374. The molecule has 0 amide bonds. The monoisotopic (exact) mass is 446 g/mol. The first-order valence-electron chi connectivity index (χ1n) is 9.67. The smallest absolute Gasteiger partial charge is 0.475 e. The van der Waals surface area contributed by atoms with Crippen LogP contribution in [0.25, 0.3) is 0 Å². The van der Waals surface area contributed by atoms with Crippen molar-refractivity contribution in [1.29, 1.82) is 0 Å². The van der Waals surface area contributed by atoms with Gasteiger partial charge in [0.05, 0.1) is 12.3 Å². The SMILES string of the molecule is Cc1ccc(CN2Cc3nnn(C)c3C(COCC3CC3)C2)s1.O=C(O)C(F)(F)F. The van der Waals surface area contributed by atoms with Gasteiger partial charge >= 0.3 is 12.1 Å². The van der Waals surface area contributed by atoms with Crippen LogP contribution in [-0.4, -0.2) is 56.9 Å². The number of carboxylic acid groups (broad SMARTS) is 1. The van der Waals surface area contributed by atoms with E-state index >= 15 is 0 Å². The van der Waals surface area contributed by atoms with Crippen LogP contribution in [0.1, 0.15) is 39.9 Å². The van der Waals surface area contributed by atoms with Crippen molar-refractivity contribution in [3.8, 4) is 0 Å². The van der Waals surface area contributed by atoms with E-state index < -0.39 is 12.1 Å². The van der Waals surface area contributed by atoms with E-state index in [1.54, 1.807) is 0 Å². The number of aromatic nitrogens is 3. The maximum Gasteiger partial charge on any atom is 0.490 e. The lowest BCUT2D eigenvalue weighted by Crippen LogP contribution is -2.35. The Morgan fingerprint density at radius 3 is 2.60 bits per heavy atom. The van der Waals surface area contributed by atoms with E-state index in [-0.39, 0.29) is 0 Å². The zero-order chi connectivity index (χ0) is 21.9. The number of ether oxygens (including phenoxy) is 1. The van der Waals surface area contributed by atoms with Gasteiger partial charge < -0.3 is 9.84 Å². The summed E-state index contributed by atoms with van der Waals surface area (Å²) >= 11 is 1.89. The standard InChI is InChI=1S/C17H24N4OS.C2HF3O2/c1-12-3-6-15(23-12)8-21-7-14(11-22-10-13-4-5-13)17-16(9-21)18-19-20(17)2;3-2(4,5)1(6)7/h3,6,13-14H,4-5,7-11H2,1-2H3;(H,6,7). The summed E-state index contributed by atoms with van der Waals surface area (Å²) in [7, 11) is 2.00. The van der Waals surface area contributed by atoms with Crippen LogP contribution in [0.3, 0.4) is 0 Å². The quantitative estimate of drug-likeness (QED) is 0.733. The summed E-state index contributed by atoms with van der Waals surface area (Å²) in [6.07, 6.45) is -2.40. The van der Waals surface area contributed by atoms with Gasteiger partial charge in [-0.3, -0.25) is 9.58 Å². The molecule has 1 N–H and O–H groups in total. The third-order valence-corrected chi connectivity index (χ3v) is 5.96. The number of halogens is 3. The molecule has 2 aromatic heterocycles. The highest BCUT2D eigenvalue weighted by molar-refractivity contribution is 7.11. The van der Waals surface area contributed by atoms with Gasteiger partial charge in [0.1, 0.15) is 5.69 Å². The number of carboxylic acids is 1. The van der Waals surface area contributed by atoms with Crippen LogP contribution in [0, 0.1) is 12.8 Å². The summed E-state index contributed by atoms with van der Waals surface area (Å²) in [5, 5.41) is 15.7. The van der Waals surface area contributed by atoms with Crippen molar-refractivity contribution in [3.63, 3.8) is 0 Å². The molecule has 2 aromatic rings. The van der Waals surface area contributed by atoms with E-state index in [1.165, 1.54) is 28.3 Å². The number of thiophene rings is 1. The fraction of sp³-hybridized carbons (Fsp3) is 0.632. The number of hydrogen-bond acceptors (Lipinski definition) is 6. The van der Waals surface area contributed by atoms with Crippen molar-refractivity contribution in [3.05, 3.63) is 33.3 Å². The molecule has 7 nitrogen and oxygen atoms in total. The normalized spacial score (nSPS) is 19.2. The number of alkyl halides is 3. The van der Waals surface area contributed by atoms with Crippen LogP contribution in [0.4, 0.5) is 13.2 Å². The Morgan fingerprint density at radius 2 is 2.03 bits per heavy atom. The van der Waals surface area contributed by atoms with Crippen LogP contribution in [0.15, 0.2) is 12.1 Å². The van der Waals surface area contributed by atoms with E-state index in [0.717, 1.165) is 44.5 Å². The Balaban J connectivity index is 0.000000318. The lowest BCUT2D eigenvalue weighted by atomic mass is 9.99. The maximum absolute atomic E-state index is 10.6. The van der Waals surface area contributed by atoms with Crippen LogP contribution >= 0.6 is 11.3 Å². The van der Waals surface area contributed by atoms with Gasteiger partial charge in [-0.2, -0.15) is 13.2 Å². The molecule has 1 atom stereocenters. The first-order valence-corrected chi connectivity index (χ1v) is 10.5. The number of aryl methyl sites for hydroxylation is 2. The minimum Gasteiger partial charge on any atom is -0.475 e. The van der Waals surface area contributed by atoms with Gasteiger partial charge in [0.2, 0.25) is 0 Å². The molecule has 1 aliphatic carbocycles. The molecule has 0 spiro atoms. The molecule has 1 saturated carbocycles. The molecule has 166 valence electrons. The second kappa shape index (κ2) is 9.44. The number of hydrogen-bond donors (Lipinski definition) is 1. The summed E-state index contributed by atoms with van der Waals surface area (Å²) < 4.78 is 39.7. The molecule has 0 bridgehead atoms. The van der Waals surface area contributed by atoms with Crippen molar-refractivity contribution in [2.24, 2.45) is 13.0 Å². The Labute approximate surface area is 176 Å². The van der Waals surface area contributed by atoms with Crippen molar-refractivity contribution in [2.75, 3.05) is 19.8 Å². The predicted octanol–water partition coefficient (Wildman–Crippen LogP) is 3.34. The average molecular weight is 446 g/mol. The number of fused-ring (bicyclic) bond motifs is 1. The summed E-state index contributed by atoms with van der Waals surface area (Å²) in [5.74, 6) is -1.57. The van der Waals surface area contributed by atoms with Crippen molar-refractivity contribution in [1.82, 2.24) is 19.9 Å². The lowest BCUT2D eigenvalue weighted by molar-refractivity contribution is -0.192. The first kappa shape index (κ1) is 22.7. The van der Waals surface area contributed by atoms with Crippen LogP contribution < -0.4 is 0 Å². The van der Waals surface area contributed by atoms with Crippen LogP contribution in [0.5, 0.6) is 0 Å². The van der Waals surface area contributed by atoms with Crippen LogP contribution in [-0.2, 0) is 29.7 Å². The number of carbonyl (C=O) groups is 1. The molecule has 1 aliphatic heterocycles. The second-order valence-electron chi connectivity index (χ2n) is 7.71. The fourth-order valence-corrected chi connectivity index (χ4v) is 4.33. The number of rotatable bonds is 6. The summed E-state index contributed by atoms with van der Waals surface area (Å²) in [6, 6.07) is 4.44. The van der Waals surface area contributed by atoms with Gasteiger partial charge in [-0.15, -0.1) is 16.4 Å². The lowest BCUT2D eigenvalue weighted by Gasteiger charge is -2.31. The highest BCUT2D eigenvalue weighted by Gasteiger charge is 2.38. The third kappa shape index (κ3) is 6.26. The Morgan fingerprint density at radius 1 is 1.33 bits per heavy atom. The molecular formula is C19H25F3N4O3S. The Kier molecular flexibility index (Phi) is 7.14. The molecule has 11 heteroatoms. The van der Waals surface area contributed by atoms with E-state index in [9.17, 15) is 13.2 Å².